The van der Waals surface area contributed by atoms with Gasteiger partial charge in [0.2, 0.25) is 0 Å². The van der Waals surface area contributed by atoms with Crippen LogP contribution < -0.4 is 0 Å². The summed E-state index contributed by atoms with van der Waals surface area (Å²) in [6.07, 6.45) is 24.7. The number of rotatable bonds is 5. The minimum atomic E-state index is -0.156. The first kappa shape index (κ1) is 34.1. The zero-order chi connectivity index (χ0) is 31.5. The summed E-state index contributed by atoms with van der Waals surface area (Å²) in [4.78, 5) is 23.8. The zero-order valence-electron chi connectivity index (χ0n) is 27.2. The monoisotopic (exact) mass is 558 g/mol. The van der Waals surface area contributed by atoms with Crippen molar-refractivity contribution in [3.8, 4) is 23.7 Å². The molecule has 0 spiro atoms. The molecule has 0 aromatic rings. The average Bonchev–Trinajstić information content (AvgIpc) is 2.84. The first-order valence-corrected chi connectivity index (χ1v) is 14.5. The third-order valence-electron chi connectivity index (χ3n) is 7.26. The number of hydrogen-bond acceptors (Lipinski definition) is 2. The standard InChI is InChI=1S/C40H46O2/c1-29(17-13-19-31(3)21-23-37-33(5)25-35(41)27-39(37,7)8)15-11-12-16-30(2)18-14-20-32(4)22-24-38-34(6)26-36(42)28-40(38,9)10/h11-12,15-18,21-26H,27-28H2,1-10H3/b15-11?,16-12?,29-17?,30-18?,31-21+,32-22?,37-23?,38-24?. The summed E-state index contributed by atoms with van der Waals surface area (Å²) < 4.78 is 0. The largest absolute Gasteiger partial charge is 0.295 e. The van der Waals surface area contributed by atoms with E-state index in [4.69, 9.17) is 0 Å². The van der Waals surface area contributed by atoms with E-state index >= 15 is 0 Å². The molecule has 0 aromatic carbocycles. The van der Waals surface area contributed by atoms with Gasteiger partial charge >= 0.3 is 0 Å². The van der Waals surface area contributed by atoms with Crippen LogP contribution in [0.25, 0.3) is 0 Å². The van der Waals surface area contributed by atoms with Crippen molar-refractivity contribution in [1.29, 1.82) is 0 Å². The molecule has 0 heterocycles. The van der Waals surface area contributed by atoms with E-state index < -0.39 is 0 Å². The lowest BCUT2D eigenvalue weighted by Crippen LogP contribution is -2.24. The van der Waals surface area contributed by atoms with Crippen LogP contribution in [-0.2, 0) is 9.59 Å². The second-order valence-corrected chi connectivity index (χ2v) is 12.6. The van der Waals surface area contributed by atoms with Gasteiger partial charge in [0, 0.05) is 12.8 Å². The maximum atomic E-state index is 11.9. The summed E-state index contributed by atoms with van der Waals surface area (Å²) in [6.45, 7) is 20.5. The number of carbonyl (C=O) groups excluding carboxylic acids is 2. The minimum Gasteiger partial charge on any atom is -0.295 e. The first-order chi connectivity index (χ1) is 19.6. The van der Waals surface area contributed by atoms with Crippen LogP contribution in [0.3, 0.4) is 0 Å². The van der Waals surface area contributed by atoms with E-state index in [0.29, 0.717) is 12.8 Å². The topological polar surface area (TPSA) is 34.1 Å². The zero-order valence-corrected chi connectivity index (χ0v) is 27.2. The molecular formula is C40H46O2. The predicted octanol–water partition coefficient (Wildman–Crippen LogP) is 9.63. The summed E-state index contributed by atoms with van der Waals surface area (Å²) in [5.41, 5.74) is 8.21. The Morgan fingerprint density at radius 3 is 1.36 bits per heavy atom. The highest BCUT2D eigenvalue weighted by Gasteiger charge is 2.31. The van der Waals surface area contributed by atoms with Crippen LogP contribution in [0.2, 0.25) is 0 Å². The van der Waals surface area contributed by atoms with E-state index in [-0.39, 0.29) is 22.4 Å². The van der Waals surface area contributed by atoms with Crippen LogP contribution >= 0.6 is 0 Å². The quantitative estimate of drug-likeness (QED) is 0.249. The van der Waals surface area contributed by atoms with Crippen molar-refractivity contribution in [3.05, 3.63) is 117 Å². The van der Waals surface area contributed by atoms with Gasteiger partial charge in [-0.2, -0.15) is 0 Å². The van der Waals surface area contributed by atoms with Gasteiger partial charge in [-0.1, -0.05) is 100.0 Å². The van der Waals surface area contributed by atoms with Crippen molar-refractivity contribution in [2.24, 2.45) is 10.8 Å². The fourth-order valence-electron chi connectivity index (χ4n) is 5.12. The Kier molecular flexibility index (Phi) is 12.3. The summed E-state index contributed by atoms with van der Waals surface area (Å²) in [6, 6.07) is 0. The molecule has 42 heavy (non-hydrogen) atoms. The molecule has 0 atom stereocenters. The van der Waals surface area contributed by atoms with Gasteiger partial charge in [-0.05, 0) is 121 Å². The molecule has 0 radical (unpaired) electrons. The van der Waals surface area contributed by atoms with Gasteiger partial charge in [-0.15, -0.1) is 0 Å². The Balaban J connectivity index is 1.97. The summed E-state index contributed by atoms with van der Waals surface area (Å²) in [5.74, 6) is 13.0. The Morgan fingerprint density at radius 1 is 0.667 bits per heavy atom. The van der Waals surface area contributed by atoms with Gasteiger partial charge in [0.1, 0.15) is 0 Å². The first-order valence-electron chi connectivity index (χ1n) is 14.5. The molecule has 2 rings (SSSR count). The number of ketones is 2. The third-order valence-corrected chi connectivity index (χ3v) is 7.26. The molecule has 0 fully saturated rings. The van der Waals surface area contributed by atoms with E-state index in [1.54, 1.807) is 12.2 Å². The van der Waals surface area contributed by atoms with Crippen LogP contribution in [0.5, 0.6) is 0 Å². The van der Waals surface area contributed by atoms with Gasteiger partial charge in [0.15, 0.2) is 11.6 Å². The molecule has 2 aliphatic rings. The molecule has 0 aromatic heterocycles. The molecule has 2 heteroatoms. The van der Waals surface area contributed by atoms with Crippen LogP contribution in [0.15, 0.2) is 117 Å². The lowest BCUT2D eigenvalue weighted by Gasteiger charge is -2.31. The lowest BCUT2D eigenvalue weighted by atomic mass is 9.72. The van der Waals surface area contributed by atoms with E-state index in [9.17, 15) is 9.59 Å². The van der Waals surface area contributed by atoms with Gasteiger partial charge in [-0.25, -0.2) is 0 Å². The van der Waals surface area contributed by atoms with Gasteiger partial charge in [0.25, 0.3) is 0 Å². The highest BCUT2D eigenvalue weighted by atomic mass is 16.1. The van der Waals surface area contributed by atoms with E-state index in [0.717, 1.165) is 33.4 Å². The van der Waals surface area contributed by atoms with Crippen molar-refractivity contribution >= 4 is 11.6 Å². The summed E-state index contributed by atoms with van der Waals surface area (Å²) >= 11 is 0. The Bertz CT molecular complexity index is 1420. The number of hydrogen-bond donors (Lipinski definition) is 0. The fraction of sp³-hybridized carbons (Fsp3) is 0.350. The molecule has 0 amide bonds. The van der Waals surface area contributed by atoms with Crippen LogP contribution in [0.1, 0.15) is 82.1 Å². The minimum absolute atomic E-state index is 0.156. The maximum absolute atomic E-state index is 11.9. The molecule has 0 saturated heterocycles. The lowest BCUT2D eigenvalue weighted by molar-refractivity contribution is -0.117. The molecule has 0 bridgehead atoms. The Morgan fingerprint density at radius 2 is 1.02 bits per heavy atom. The predicted molar refractivity (Wildman–Crippen MR) is 179 cm³/mol. The Labute approximate surface area is 254 Å². The van der Waals surface area contributed by atoms with Crippen molar-refractivity contribution in [2.45, 2.75) is 82.1 Å². The summed E-state index contributed by atoms with van der Waals surface area (Å²) in [5, 5.41) is 0. The molecule has 2 aliphatic carbocycles. The fourth-order valence-corrected chi connectivity index (χ4v) is 5.12. The van der Waals surface area contributed by atoms with E-state index in [1.807, 2.05) is 90.2 Å². The average molecular weight is 559 g/mol. The molecule has 0 aliphatic heterocycles. The SMILES string of the molecule is CC(C#CC=C(C)C=CC=CC(C)=CC#C/C(C)=C/C=C1C(C)=CC(=O)CC1(C)C)=CC=C1C(C)=CC(=O)CC1(C)C. The molecule has 218 valence electrons. The van der Waals surface area contributed by atoms with E-state index in [1.165, 1.54) is 11.1 Å². The van der Waals surface area contributed by atoms with Crippen molar-refractivity contribution in [2.75, 3.05) is 0 Å². The van der Waals surface area contributed by atoms with Crippen molar-refractivity contribution in [3.63, 3.8) is 0 Å². The second kappa shape index (κ2) is 15.2. The normalized spacial score (nSPS) is 21.8. The third kappa shape index (κ3) is 11.0. The van der Waals surface area contributed by atoms with Crippen molar-refractivity contribution in [1.82, 2.24) is 0 Å². The highest BCUT2D eigenvalue weighted by molar-refractivity contribution is 5.94. The molecule has 2 nitrogen and oxygen atoms in total. The number of carbonyl (C=O) groups is 2. The highest BCUT2D eigenvalue weighted by Crippen LogP contribution is 2.40. The van der Waals surface area contributed by atoms with Crippen LogP contribution in [0, 0.1) is 34.5 Å². The van der Waals surface area contributed by atoms with Gasteiger partial charge < -0.3 is 0 Å². The van der Waals surface area contributed by atoms with Crippen LogP contribution in [-0.4, -0.2) is 11.6 Å². The van der Waals surface area contributed by atoms with Crippen molar-refractivity contribution < 1.29 is 9.59 Å². The maximum Gasteiger partial charge on any atom is 0.156 e. The summed E-state index contributed by atoms with van der Waals surface area (Å²) in [7, 11) is 0. The molecule has 0 N–H and O–H groups in total. The number of allylic oxidation sites excluding steroid dienone is 20. The molecule has 0 saturated carbocycles. The van der Waals surface area contributed by atoms with E-state index in [2.05, 4.69) is 63.5 Å². The van der Waals surface area contributed by atoms with Gasteiger partial charge in [0.05, 0.1) is 0 Å². The molecular weight excluding hydrogens is 512 g/mol. The second-order valence-electron chi connectivity index (χ2n) is 12.6. The van der Waals surface area contributed by atoms with Crippen LogP contribution in [0.4, 0.5) is 0 Å². The smallest absolute Gasteiger partial charge is 0.156 e. The Hall–Kier alpha value is -4.14. The van der Waals surface area contributed by atoms with Gasteiger partial charge in [-0.3, -0.25) is 9.59 Å². The molecule has 0 unspecified atom stereocenters.